The first-order valence-corrected chi connectivity index (χ1v) is 5.21. The summed E-state index contributed by atoms with van der Waals surface area (Å²) in [5.41, 5.74) is 10.4. The summed E-state index contributed by atoms with van der Waals surface area (Å²) in [4.78, 5) is 33.5. The van der Waals surface area contributed by atoms with Gasteiger partial charge in [-0.2, -0.15) is 0 Å². The van der Waals surface area contributed by atoms with Crippen molar-refractivity contribution in [3.63, 3.8) is 0 Å². The number of hydrogen-bond donors (Lipinski definition) is 3. The minimum absolute atomic E-state index is 0. The highest BCUT2D eigenvalue weighted by Crippen LogP contribution is 2.04. The lowest BCUT2D eigenvalue weighted by Gasteiger charge is -2.21. The zero-order chi connectivity index (χ0) is 13.6. The van der Waals surface area contributed by atoms with E-state index in [4.69, 9.17) is 11.5 Å². The standard InChI is InChI=1S/C10H19N3O4.ClH/c1-5(2)8(10(16)17-3)13-9(15)6(11)4-7(12)14;/h5-6,8H,4,11H2,1-3H3,(H2,12,14)(H,13,15);1H/t6-,8+;/m1./s1. The van der Waals surface area contributed by atoms with Gasteiger partial charge in [0, 0.05) is 0 Å². The Labute approximate surface area is 112 Å². The molecule has 0 bridgehead atoms. The molecule has 0 saturated heterocycles. The van der Waals surface area contributed by atoms with Gasteiger partial charge in [0.25, 0.3) is 0 Å². The molecule has 0 unspecified atom stereocenters. The number of nitrogens with one attached hydrogen (secondary N) is 1. The molecular formula is C10H20ClN3O4. The molecule has 2 amide bonds. The van der Waals surface area contributed by atoms with Crippen LogP contribution in [0.5, 0.6) is 0 Å². The summed E-state index contributed by atoms with van der Waals surface area (Å²) in [7, 11) is 1.23. The third-order valence-corrected chi connectivity index (χ3v) is 2.18. The smallest absolute Gasteiger partial charge is 0.328 e. The SMILES string of the molecule is COC(=O)[C@@H](NC(=O)[C@H](N)CC(N)=O)C(C)C.Cl. The third-order valence-electron chi connectivity index (χ3n) is 2.18. The number of ether oxygens (including phenoxy) is 1. The number of primary amides is 1. The van der Waals surface area contributed by atoms with E-state index in [1.54, 1.807) is 13.8 Å². The summed E-state index contributed by atoms with van der Waals surface area (Å²) < 4.78 is 4.55. The summed E-state index contributed by atoms with van der Waals surface area (Å²) in [6.45, 7) is 3.50. The number of rotatable bonds is 6. The van der Waals surface area contributed by atoms with Crippen molar-refractivity contribution in [2.75, 3.05) is 7.11 Å². The molecule has 5 N–H and O–H groups in total. The molecule has 7 nitrogen and oxygen atoms in total. The van der Waals surface area contributed by atoms with Crippen molar-refractivity contribution in [1.82, 2.24) is 5.32 Å². The second kappa shape index (κ2) is 8.71. The quantitative estimate of drug-likeness (QED) is 0.534. The lowest BCUT2D eigenvalue weighted by atomic mass is 10.0. The highest BCUT2D eigenvalue weighted by atomic mass is 35.5. The Hall–Kier alpha value is -1.34. The minimum Gasteiger partial charge on any atom is -0.467 e. The molecule has 0 aliphatic carbocycles. The van der Waals surface area contributed by atoms with Crippen LogP contribution in [0.2, 0.25) is 0 Å². The lowest BCUT2D eigenvalue weighted by molar-refractivity contribution is -0.146. The van der Waals surface area contributed by atoms with Crippen LogP contribution in [-0.4, -0.2) is 37.0 Å². The molecule has 8 heteroatoms. The van der Waals surface area contributed by atoms with Crippen molar-refractivity contribution < 1.29 is 19.1 Å². The Kier molecular flexibility index (Phi) is 9.20. The molecule has 2 atom stereocenters. The highest BCUT2D eigenvalue weighted by Gasteiger charge is 2.27. The van der Waals surface area contributed by atoms with Gasteiger partial charge in [-0.3, -0.25) is 9.59 Å². The van der Waals surface area contributed by atoms with Crippen molar-refractivity contribution in [2.45, 2.75) is 32.4 Å². The Bertz CT molecular complexity index is 309. The van der Waals surface area contributed by atoms with Gasteiger partial charge in [0.05, 0.1) is 19.6 Å². The topological polar surface area (TPSA) is 125 Å². The maximum absolute atomic E-state index is 11.6. The Morgan fingerprint density at radius 2 is 1.78 bits per heavy atom. The Morgan fingerprint density at radius 1 is 1.28 bits per heavy atom. The summed E-state index contributed by atoms with van der Waals surface area (Å²) in [5.74, 6) is -1.98. The molecule has 106 valence electrons. The molecule has 0 fully saturated rings. The molecule has 0 radical (unpaired) electrons. The van der Waals surface area contributed by atoms with E-state index < -0.39 is 29.9 Å². The number of carbonyl (C=O) groups excluding carboxylic acids is 3. The number of nitrogens with two attached hydrogens (primary N) is 2. The van der Waals surface area contributed by atoms with Crippen molar-refractivity contribution in [3.8, 4) is 0 Å². The summed E-state index contributed by atoms with van der Waals surface area (Å²) in [5, 5.41) is 2.43. The lowest BCUT2D eigenvalue weighted by Crippen LogP contribution is -2.51. The van der Waals surface area contributed by atoms with Crippen LogP contribution in [0.15, 0.2) is 0 Å². The van der Waals surface area contributed by atoms with E-state index in [1.165, 1.54) is 7.11 Å². The van der Waals surface area contributed by atoms with Gasteiger partial charge < -0.3 is 21.5 Å². The van der Waals surface area contributed by atoms with Gasteiger partial charge in [0.15, 0.2) is 0 Å². The second-order valence-corrected chi connectivity index (χ2v) is 4.03. The summed E-state index contributed by atoms with van der Waals surface area (Å²) in [6, 6.07) is -1.84. The van der Waals surface area contributed by atoms with E-state index in [0.717, 1.165) is 0 Å². The summed E-state index contributed by atoms with van der Waals surface area (Å²) >= 11 is 0. The van der Waals surface area contributed by atoms with Crippen LogP contribution in [0.1, 0.15) is 20.3 Å². The first-order valence-electron chi connectivity index (χ1n) is 5.21. The molecule has 0 aliphatic heterocycles. The van der Waals surface area contributed by atoms with Gasteiger partial charge in [0.2, 0.25) is 11.8 Å². The van der Waals surface area contributed by atoms with E-state index in [-0.39, 0.29) is 24.7 Å². The molecule has 0 aromatic heterocycles. The first-order chi connectivity index (χ1) is 7.79. The molecule has 0 aromatic rings. The number of amides is 2. The fourth-order valence-corrected chi connectivity index (χ4v) is 1.19. The molecule has 0 rings (SSSR count). The van der Waals surface area contributed by atoms with Crippen molar-refractivity contribution in [3.05, 3.63) is 0 Å². The van der Waals surface area contributed by atoms with Gasteiger partial charge in [-0.25, -0.2) is 4.79 Å². The summed E-state index contributed by atoms with van der Waals surface area (Å²) in [6.07, 6.45) is -0.266. The largest absolute Gasteiger partial charge is 0.467 e. The number of carbonyl (C=O) groups is 3. The van der Waals surface area contributed by atoms with E-state index in [1.807, 2.05) is 0 Å². The second-order valence-electron chi connectivity index (χ2n) is 4.03. The van der Waals surface area contributed by atoms with Crippen LogP contribution >= 0.6 is 12.4 Å². The van der Waals surface area contributed by atoms with Crippen LogP contribution < -0.4 is 16.8 Å². The molecule has 18 heavy (non-hydrogen) atoms. The number of methoxy groups -OCH3 is 1. The normalized spacial score (nSPS) is 13.2. The van der Waals surface area contributed by atoms with Crippen molar-refractivity contribution in [1.29, 1.82) is 0 Å². The van der Waals surface area contributed by atoms with E-state index in [2.05, 4.69) is 10.1 Å². The Balaban J connectivity index is 0. The zero-order valence-electron chi connectivity index (χ0n) is 10.6. The molecule has 0 aromatic carbocycles. The minimum atomic E-state index is -1.06. The third kappa shape index (κ3) is 6.41. The highest BCUT2D eigenvalue weighted by molar-refractivity contribution is 5.90. The van der Waals surface area contributed by atoms with Crippen molar-refractivity contribution >= 4 is 30.2 Å². The van der Waals surface area contributed by atoms with Crippen LogP contribution in [0.3, 0.4) is 0 Å². The molecule has 0 heterocycles. The average molecular weight is 282 g/mol. The fourth-order valence-electron chi connectivity index (χ4n) is 1.19. The molecule has 0 aliphatic rings. The van der Waals surface area contributed by atoms with Gasteiger partial charge in [0.1, 0.15) is 6.04 Å². The van der Waals surface area contributed by atoms with Crippen LogP contribution in [0, 0.1) is 5.92 Å². The predicted octanol–water partition coefficient (Wildman–Crippen LogP) is -1.08. The van der Waals surface area contributed by atoms with Crippen molar-refractivity contribution in [2.24, 2.45) is 17.4 Å². The van der Waals surface area contributed by atoms with Gasteiger partial charge in [-0.05, 0) is 5.92 Å². The van der Waals surface area contributed by atoms with Crippen LogP contribution in [-0.2, 0) is 19.1 Å². The fraction of sp³-hybridized carbons (Fsp3) is 0.700. The Morgan fingerprint density at radius 3 is 2.11 bits per heavy atom. The monoisotopic (exact) mass is 281 g/mol. The van der Waals surface area contributed by atoms with E-state index in [0.29, 0.717) is 0 Å². The van der Waals surface area contributed by atoms with E-state index in [9.17, 15) is 14.4 Å². The number of halogens is 1. The average Bonchev–Trinajstić information content (AvgIpc) is 2.22. The maximum atomic E-state index is 11.6. The van der Waals surface area contributed by atoms with Crippen LogP contribution in [0.4, 0.5) is 0 Å². The van der Waals surface area contributed by atoms with Gasteiger partial charge in [-0.15, -0.1) is 12.4 Å². The van der Waals surface area contributed by atoms with E-state index >= 15 is 0 Å². The molecular weight excluding hydrogens is 262 g/mol. The molecule has 0 spiro atoms. The number of hydrogen-bond acceptors (Lipinski definition) is 5. The van der Waals surface area contributed by atoms with Gasteiger partial charge in [-0.1, -0.05) is 13.8 Å². The van der Waals surface area contributed by atoms with Gasteiger partial charge >= 0.3 is 5.97 Å². The number of esters is 1. The predicted molar refractivity (Wildman–Crippen MR) is 67.8 cm³/mol. The van der Waals surface area contributed by atoms with Crippen LogP contribution in [0.25, 0.3) is 0 Å². The zero-order valence-corrected chi connectivity index (χ0v) is 11.5. The molecule has 0 saturated carbocycles. The maximum Gasteiger partial charge on any atom is 0.328 e. The first kappa shape index (κ1) is 19.0.